The quantitative estimate of drug-likeness (QED) is 0.168. The second kappa shape index (κ2) is 16.0. The smallest absolute Gasteiger partial charge is 0.200 e. The SMILES string of the molecule is COc1cc(CCC2CC(O)C(CCO)C(c3cc(OC)c(O)c(OCC4NC(C)CCC4CC4=CCNC(N)=C4)c3)O2)ccc1O. The lowest BCUT2D eigenvalue weighted by Crippen LogP contribution is -2.49. The van der Waals surface area contributed by atoms with Gasteiger partial charge in [0, 0.05) is 31.2 Å². The van der Waals surface area contributed by atoms with Crippen LogP contribution in [0.2, 0.25) is 0 Å². The summed E-state index contributed by atoms with van der Waals surface area (Å²) in [5, 5.41) is 49.1. The second-order valence-electron chi connectivity index (χ2n) is 13.1. The van der Waals surface area contributed by atoms with Gasteiger partial charge in [-0.15, -0.1) is 0 Å². The molecule has 0 saturated carbocycles. The van der Waals surface area contributed by atoms with Crippen LogP contribution in [0.3, 0.4) is 0 Å². The van der Waals surface area contributed by atoms with Gasteiger partial charge in [-0.2, -0.15) is 0 Å². The van der Waals surface area contributed by atoms with Crippen LogP contribution in [0, 0.1) is 11.8 Å². The van der Waals surface area contributed by atoms with E-state index < -0.39 is 12.2 Å². The van der Waals surface area contributed by atoms with Crippen molar-refractivity contribution < 1.29 is 39.4 Å². The zero-order chi connectivity index (χ0) is 33.5. The largest absolute Gasteiger partial charge is 0.504 e. The van der Waals surface area contributed by atoms with Crippen molar-refractivity contribution in [2.45, 2.75) is 82.3 Å². The number of dihydropyridines is 1. The highest BCUT2D eigenvalue weighted by Gasteiger charge is 2.39. The summed E-state index contributed by atoms with van der Waals surface area (Å²) >= 11 is 0. The van der Waals surface area contributed by atoms with E-state index in [-0.39, 0.29) is 47.7 Å². The van der Waals surface area contributed by atoms with Crippen LogP contribution in [0.5, 0.6) is 28.7 Å². The van der Waals surface area contributed by atoms with E-state index in [1.807, 2.05) is 12.1 Å². The van der Waals surface area contributed by atoms with E-state index in [1.54, 1.807) is 24.3 Å². The average Bonchev–Trinajstić information content (AvgIpc) is 3.06. The monoisotopic (exact) mass is 653 g/mol. The average molecular weight is 654 g/mol. The Hall–Kier alpha value is -3.64. The number of phenolic OH excluding ortho intramolecular Hbond substituents is 2. The zero-order valence-electron chi connectivity index (χ0n) is 27.7. The van der Waals surface area contributed by atoms with Crippen molar-refractivity contribution in [2.24, 2.45) is 17.6 Å². The number of hydrogen-bond donors (Lipinski definition) is 7. The minimum atomic E-state index is -0.703. The van der Waals surface area contributed by atoms with Gasteiger partial charge in [0.2, 0.25) is 5.75 Å². The Bertz CT molecular complexity index is 1410. The van der Waals surface area contributed by atoms with Gasteiger partial charge in [-0.1, -0.05) is 12.1 Å². The first-order valence-electron chi connectivity index (χ1n) is 16.7. The summed E-state index contributed by atoms with van der Waals surface area (Å²) in [4.78, 5) is 0. The molecule has 8 N–H and O–H groups in total. The summed E-state index contributed by atoms with van der Waals surface area (Å²) in [6.45, 7) is 3.14. The van der Waals surface area contributed by atoms with Crippen molar-refractivity contribution in [1.29, 1.82) is 0 Å². The van der Waals surface area contributed by atoms with Gasteiger partial charge in [0.1, 0.15) is 6.61 Å². The number of nitrogens with one attached hydrogen (secondary N) is 2. The Morgan fingerprint density at radius 2 is 1.81 bits per heavy atom. The lowest BCUT2D eigenvalue weighted by Gasteiger charge is -2.40. The molecule has 0 spiro atoms. The maximum absolute atomic E-state index is 11.3. The van der Waals surface area contributed by atoms with Crippen LogP contribution in [0.4, 0.5) is 0 Å². The molecule has 0 amide bonds. The third-order valence-electron chi connectivity index (χ3n) is 9.76. The van der Waals surface area contributed by atoms with Crippen molar-refractivity contribution >= 4 is 0 Å². The predicted molar refractivity (Wildman–Crippen MR) is 179 cm³/mol. The molecule has 11 heteroatoms. The van der Waals surface area contributed by atoms with E-state index in [1.165, 1.54) is 19.8 Å². The molecular formula is C36H51N3O8. The number of aliphatic hydroxyl groups is 2. The van der Waals surface area contributed by atoms with E-state index in [0.29, 0.717) is 61.4 Å². The molecule has 3 aliphatic rings. The van der Waals surface area contributed by atoms with Crippen molar-refractivity contribution in [2.75, 3.05) is 34.0 Å². The Balaban J connectivity index is 1.34. The molecule has 258 valence electrons. The Labute approximate surface area is 277 Å². The molecule has 3 aliphatic heterocycles. The molecular weight excluding hydrogens is 602 g/mol. The molecule has 11 nitrogen and oxygen atoms in total. The number of aliphatic hydroxyl groups excluding tert-OH is 2. The Morgan fingerprint density at radius 1 is 1.02 bits per heavy atom. The normalized spacial score (nSPS) is 27.7. The number of ether oxygens (including phenoxy) is 4. The minimum absolute atomic E-state index is 0.0519. The van der Waals surface area contributed by atoms with Crippen molar-refractivity contribution in [3.05, 3.63) is 65.0 Å². The summed E-state index contributed by atoms with van der Waals surface area (Å²) in [6, 6.07) is 9.15. The van der Waals surface area contributed by atoms with Crippen molar-refractivity contribution in [3.8, 4) is 28.7 Å². The number of hydrogen-bond acceptors (Lipinski definition) is 11. The molecule has 2 fully saturated rings. The Morgan fingerprint density at radius 3 is 2.55 bits per heavy atom. The van der Waals surface area contributed by atoms with Crippen molar-refractivity contribution in [3.63, 3.8) is 0 Å². The van der Waals surface area contributed by atoms with Crippen LogP contribution in [-0.2, 0) is 11.2 Å². The third kappa shape index (κ3) is 8.64. The topological polar surface area (TPSA) is 168 Å². The van der Waals surface area contributed by atoms with Crippen LogP contribution in [0.25, 0.3) is 0 Å². The van der Waals surface area contributed by atoms with Gasteiger partial charge in [0.15, 0.2) is 23.0 Å². The first-order valence-corrected chi connectivity index (χ1v) is 16.7. The number of aromatic hydroxyl groups is 2. The summed E-state index contributed by atoms with van der Waals surface area (Å²) in [5.41, 5.74) is 8.91. The lowest BCUT2D eigenvalue weighted by molar-refractivity contribution is -0.144. The van der Waals surface area contributed by atoms with Gasteiger partial charge in [-0.25, -0.2) is 0 Å². The fourth-order valence-electron chi connectivity index (χ4n) is 7.16. The highest BCUT2D eigenvalue weighted by atomic mass is 16.5. The van der Waals surface area contributed by atoms with Crippen molar-refractivity contribution in [1.82, 2.24) is 10.6 Å². The van der Waals surface area contributed by atoms with Crippen LogP contribution in [-0.4, -0.2) is 78.7 Å². The first-order chi connectivity index (χ1) is 22.7. The molecule has 7 unspecified atom stereocenters. The van der Waals surface area contributed by atoms with Crippen LogP contribution >= 0.6 is 0 Å². The van der Waals surface area contributed by atoms with E-state index in [0.717, 1.165) is 31.4 Å². The lowest BCUT2D eigenvalue weighted by atomic mass is 9.82. The van der Waals surface area contributed by atoms with Crippen LogP contribution in [0.15, 0.2) is 53.9 Å². The standard InChI is InChI=1S/C36H51N3O8/c1-21-4-7-24(14-23-10-12-38-34(37)16-23)28(39-21)20-46-33-18-25(17-32(45-3)35(33)43)36-27(11-13-40)30(42)19-26(47-36)8-5-22-6-9-29(41)31(15-22)44-2/h6,9-10,15-18,21,24,26-28,30,36,38-43H,4-5,7-8,11-14,19-20,37H2,1-3H3. The van der Waals surface area contributed by atoms with E-state index in [2.05, 4.69) is 23.6 Å². The molecule has 0 aliphatic carbocycles. The van der Waals surface area contributed by atoms with Crippen LogP contribution < -0.4 is 30.6 Å². The second-order valence-corrected chi connectivity index (χ2v) is 13.1. The minimum Gasteiger partial charge on any atom is -0.504 e. The van der Waals surface area contributed by atoms with Gasteiger partial charge < -0.3 is 55.7 Å². The molecule has 47 heavy (non-hydrogen) atoms. The fourth-order valence-corrected chi connectivity index (χ4v) is 7.16. The highest BCUT2D eigenvalue weighted by Crippen LogP contribution is 2.45. The molecule has 0 aromatic heterocycles. The fraction of sp³-hybridized carbons (Fsp3) is 0.556. The third-order valence-corrected chi connectivity index (χ3v) is 9.76. The zero-order valence-corrected chi connectivity index (χ0v) is 27.7. The number of phenols is 2. The summed E-state index contributed by atoms with van der Waals surface area (Å²) in [5.74, 6) is 1.56. The summed E-state index contributed by atoms with van der Waals surface area (Å²) in [6.07, 6.45) is 7.68. The number of benzene rings is 2. The molecule has 2 saturated heterocycles. The molecule has 0 radical (unpaired) electrons. The number of aryl methyl sites for hydroxylation is 1. The van der Waals surface area contributed by atoms with E-state index in [4.69, 9.17) is 24.7 Å². The maximum atomic E-state index is 11.3. The van der Waals surface area contributed by atoms with E-state index in [9.17, 15) is 20.4 Å². The van der Waals surface area contributed by atoms with E-state index >= 15 is 0 Å². The highest BCUT2D eigenvalue weighted by molar-refractivity contribution is 5.53. The van der Waals surface area contributed by atoms with Crippen LogP contribution in [0.1, 0.15) is 62.7 Å². The first kappa shape index (κ1) is 34.7. The predicted octanol–water partition coefficient (Wildman–Crippen LogP) is 3.79. The molecule has 0 bridgehead atoms. The van der Waals surface area contributed by atoms with Gasteiger partial charge >= 0.3 is 0 Å². The number of piperidine rings is 1. The summed E-state index contributed by atoms with van der Waals surface area (Å²) < 4.78 is 23.8. The Kier molecular flexibility index (Phi) is 11.8. The number of rotatable bonds is 13. The summed E-state index contributed by atoms with van der Waals surface area (Å²) in [7, 11) is 3.01. The van der Waals surface area contributed by atoms with Gasteiger partial charge in [0.05, 0.1) is 38.4 Å². The van der Waals surface area contributed by atoms with Gasteiger partial charge in [-0.05, 0) is 105 Å². The van der Waals surface area contributed by atoms with Gasteiger partial charge in [0.25, 0.3) is 0 Å². The molecule has 5 rings (SSSR count). The molecule has 2 aromatic carbocycles. The number of allylic oxidation sites excluding steroid dienone is 2. The maximum Gasteiger partial charge on any atom is 0.200 e. The van der Waals surface area contributed by atoms with Gasteiger partial charge in [-0.3, -0.25) is 0 Å². The number of methoxy groups -OCH3 is 2. The molecule has 2 aromatic rings. The number of nitrogens with two attached hydrogens (primary N) is 1. The molecule has 3 heterocycles. The molecule has 7 atom stereocenters.